The Bertz CT molecular complexity index is 430. The van der Waals surface area contributed by atoms with Gasteiger partial charge in [0.2, 0.25) is 0 Å². The van der Waals surface area contributed by atoms with E-state index < -0.39 is 10.9 Å². The maximum atomic E-state index is 10.7. The van der Waals surface area contributed by atoms with Crippen LogP contribution in [0.3, 0.4) is 0 Å². The quantitative estimate of drug-likeness (QED) is 0.677. The predicted molar refractivity (Wildman–Crippen MR) is 56.9 cm³/mol. The molecule has 15 heavy (non-hydrogen) atoms. The summed E-state index contributed by atoms with van der Waals surface area (Å²) in [5.74, 6) is -1.00. The van der Waals surface area contributed by atoms with Gasteiger partial charge in [0.1, 0.15) is 0 Å². The van der Waals surface area contributed by atoms with Crippen LogP contribution >= 0.6 is 15.9 Å². The Hall–Kier alpha value is -1.43. The van der Waals surface area contributed by atoms with Crippen LogP contribution < -0.4 is 0 Å². The minimum absolute atomic E-state index is 0.0752. The lowest BCUT2D eigenvalue weighted by Gasteiger charge is -2.05. The smallest absolute Gasteiger partial charge is 0.307 e. The highest BCUT2D eigenvalue weighted by atomic mass is 79.9. The van der Waals surface area contributed by atoms with E-state index in [2.05, 4.69) is 15.9 Å². The molecule has 0 aliphatic heterocycles. The fourth-order valence-electron chi connectivity index (χ4n) is 1.29. The molecule has 5 nitrogen and oxygen atoms in total. The van der Waals surface area contributed by atoms with Gasteiger partial charge in [-0.3, -0.25) is 14.9 Å². The fraction of sp³-hybridized carbons (Fsp3) is 0.222. The number of carboxylic acid groups (broad SMARTS) is 1. The molecule has 0 aliphatic rings. The van der Waals surface area contributed by atoms with Crippen molar-refractivity contribution in [3.63, 3.8) is 0 Å². The van der Waals surface area contributed by atoms with E-state index in [1.807, 2.05) is 0 Å². The van der Waals surface area contributed by atoms with E-state index in [1.54, 1.807) is 13.0 Å². The summed E-state index contributed by atoms with van der Waals surface area (Å²) in [7, 11) is 0. The maximum absolute atomic E-state index is 10.7. The van der Waals surface area contributed by atoms with Gasteiger partial charge in [-0.25, -0.2) is 0 Å². The van der Waals surface area contributed by atoms with Crippen molar-refractivity contribution in [2.75, 3.05) is 0 Å². The maximum Gasteiger partial charge on any atom is 0.307 e. The number of halogens is 1. The summed E-state index contributed by atoms with van der Waals surface area (Å²) in [6.45, 7) is 1.54. The topological polar surface area (TPSA) is 80.4 Å². The number of nitro groups is 1. The van der Waals surface area contributed by atoms with Gasteiger partial charge >= 0.3 is 5.97 Å². The van der Waals surface area contributed by atoms with Gasteiger partial charge in [0.15, 0.2) is 0 Å². The van der Waals surface area contributed by atoms with Crippen molar-refractivity contribution in [3.8, 4) is 0 Å². The molecule has 0 atom stereocenters. The number of hydrogen-bond acceptors (Lipinski definition) is 3. The zero-order chi connectivity index (χ0) is 11.6. The van der Waals surface area contributed by atoms with Gasteiger partial charge in [-0.05, 0) is 34.5 Å². The molecule has 0 spiro atoms. The first kappa shape index (κ1) is 11.6. The van der Waals surface area contributed by atoms with E-state index in [-0.39, 0.29) is 12.1 Å². The lowest BCUT2D eigenvalue weighted by Crippen LogP contribution is -2.04. The van der Waals surface area contributed by atoms with Crippen molar-refractivity contribution in [3.05, 3.63) is 37.8 Å². The summed E-state index contributed by atoms with van der Waals surface area (Å²) in [5, 5.41) is 19.3. The summed E-state index contributed by atoms with van der Waals surface area (Å²) in [4.78, 5) is 20.7. The van der Waals surface area contributed by atoms with Crippen LogP contribution in [0.2, 0.25) is 0 Å². The summed E-state index contributed by atoms with van der Waals surface area (Å²) >= 11 is 3.06. The van der Waals surface area contributed by atoms with Crippen molar-refractivity contribution in [1.82, 2.24) is 0 Å². The zero-order valence-corrected chi connectivity index (χ0v) is 9.44. The molecule has 0 bridgehead atoms. The molecule has 0 radical (unpaired) electrons. The number of nitro benzene ring substituents is 1. The Morgan fingerprint density at radius 1 is 1.60 bits per heavy atom. The molecule has 0 aromatic heterocycles. The number of carbonyl (C=O) groups is 1. The van der Waals surface area contributed by atoms with Crippen LogP contribution in [0.15, 0.2) is 16.6 Å². The lowest BCUT2D eigenvalue weighted by atomic mass is 10.0. The van der Waals surface area contributed by atoms with Gasteiger partial charge in [-0.2, -0.15) is 0 Å². The third-order valence-corrected chi connectivity index (χ3v) is 2.66. The number of nitrogens with zero attached hydrogens (tertiary/aromatic N) is 1. The average Bonchev–Trinajstić information content (AvgIpc) is 2.09. The van der Waals surface area contributed by atoms with E-state index >= 15 is 0 Å². The number of aliphatic carboxylic acids is 1. The highest BCUT2D eigenvalue weighted by Gasteiger charge is 2.19. The molecule has 1 aromatic carbocycles. The summed E-state index contributed by atoms with van der Waals surface area (Å²) < 4.78 is 0.360. The van der Waals surface area contributed by atoms with E-state index in [0.717, 1.165) is 0 Å². The zero-order valence-electron chi connectivity index (χ0n) is 7.86. The van der Waals surface area contributed by atoms with Crippen LogP contribution in [-0.2, 0) is 11.2 Å². The number of carboxylic acids is 1. The van der Waals surface area contributed by atoms with Gasteiger partial charge in [0.05, 0.1) is 15.8 Å². The summed E-state index contributed by atoms with van der Waals surface area (Å²) in [5.41, 5.74) is 0.767. The molecule has 1 aromatic rings. The standard InChI is InChI=1S/C9H8BrNO4/c1-5-6(4-8(12)13)2-3-7(10)9(5)11(14)15/h2-3H,4H2,1H3,(H,12,13). The van der Waals surface area contributed by atoms with E-state index in [0.29, 0.717) is 15.6 Å². The van der Waals surface area contributed by atoms with Crippen molar-refractivity contribution in [2.24, 2.45) is 0 Å². The number of rotatable bonds is 3. The largest absolute Gasteiger partial charge is 0.481 e. The van der Waals surface area contributed by atoms with Crippen LogP contribution in [-0.4, -0.2) is 16.0 Å². The lowest BCUT2D eigenvalue weighted by molar-refractivity contribution is -0.386. The Morgan fingerprint density at radius 3 is 2.67 bits per heavy atom. The molecule has 0 aliphatic carbocycles. The van der Waals surface area contributed by atoms with Crippen LogP contribution in [0.4, 0.5) is 5.69 Å². The molecule has 80 valence electrons. The van der Waals surface area contributed by atoms with Crippen molar-refractivity contribution < 1.29 is 14.8 Å². The summed E-state index contributed by atoms with van der Waals surface area (Å²) in [6.07, 6.45) is -0.208. The van der Waals surface area contributed by atoms with Gasteiger partial charge in [-0.15, -0.1) is 0 Å². The van der Waals surface area contributed by atoms with E-state index in [4.69, 9.17) is 5.11 Å². The first-order valence-electron chi connectivity index (χ1n) is 4.07. The monoisotopic (exact) mass is 273 g/mol. The molecular formula is C9H8BrNO4. The van der Waals surface area contributed by atoms with Crippen LogP contribution in [0.1, 0.15) is 11.1 Å². The number of benzene rings is 1. The van der Waals surface area contributed by atoms with Crippen LogP contribution in [0.5, 0.6) is 0 Å². The molecule has 1 N–H and O–H groups in total. The minimum atomic E-state index is -1.00. The van der Waals surface area contributed by atoms with Crippen molar-refractivity contribution in [1.29, 1.82) is 0 Å². The molecule has 0 amide bonds. The third-order valence-electron chi connectivity index (χ3n) is 2.02. The summed E-state index contributed by atoms with van der Waals surface area (Å²) in [6, 6.07) is 3.06. The molecule has 0 fully saturated rings. The minimum Gasteiger partial charge on any atom is -0.481 e. The molecule has 0 unspecified atom stereocenters. The molecule has 0 saturated carbocycles. The average molecular weight is 274 g/mol. The first-order chi connectivity index (χ1) is 6.93. The molecular weight excluding hydrogens is 266 g/mol. The third kappa shape index (κ3) is 2.53. The van der Waals surface area contributed by atoms with E-state index in [9.17, 15) is 14.9 Å². The van der Waals surface area contributed by atoms with Crippen LogP contribution in [0.25, 0.3) is 0 Å². The second-order valence-corrected chi connectivity index (χ2v) is 3.86. The first-order valence-corrected chi connectivity index (χ1v) is 4.87. The fourth-order valence-corrected chi connectivity index (χ4v) is 1.86. The molecule has 1 rings (SSSR count). The second kappa shape index (κ2) is 4.39. The SMILES string of the molecule is Cc1c(CC(=O)O)ccc(Br)c1[N+](=O)[O-]. The predicted octanol–water partition coefficient (Wildman–Crippen LogP) is 2.29. The van der Waals surface area contributed by atoms with Gasteiger partial charge < -0.3 is 5.11 Å². The normalized spacial score (nSPS) is 10.0. The Kier molecular flexibility index (Phi) is 3.41. The van der Waals surface area contributed by atoms with E-state index in [1.165, 1.54) is 6.07 Å². The van der Waals surface area contributed by atoms with Crippen molar-refractivity contribution in [2.45, 2.75) is 13.3 Å². The van der Waals surface area contributed by atoms with Crippen LogP contribution in [0, 0.1) is 17.0 Å². The number of hydrogen-bond donors (Lipinski definition) is 1. The Morgan fingerprint density at radius 2 is 2.20 bits per heavy atom. The van der Waals surface area contributed by atoms with Gasteiger partial charge in [0, 0.05) is 5.56 Å². The highest BCUT2D eigenvalue weighted by molar-refractivity contribution is 9.10. The second-order valence-electron chi connectivity index (χ2n) is 3.01. The molecule has 0 heterocycles. The van der Waals surface area contributed by atoms with Gasteiger partial charge in [-0.1, -0.05) is 6.07 Å². The van der Waals surface area contributed by atoms with Gasteiger partial charge in [0.25, 0.3) is 5.69 Å². The Labute approximate surface area is 94.0 Å². The highest BCUT2D eigenvalue weighted by Crippen LogP contribution is 2.30. The molecule has 6 heteroatoms. The molecule has 0 saturated heterocycles. The Balaban J connectivity index is 3.28. The van der Waals surface area contributed by atoms with Crippen molar-refractivity contribution >= 4 is 27.6 Å².